The highest BCUT2D eigenvalue weighted by molar-refractivity contribution is 6.45. The third-order valence-electron chi connectivity index (χ3n) is 1.78. The third-order valence-corrected chi connectivity index (χ3v) is 2.36. The van der Waals surface area contributed by atoms with Crippen LogP contribution in [-0.4, -0.2) is 12.8 Å². The van der Waals surface area contributed by atoms with Gasteiger partial charge in [-0.1, -0.05) is 23.1 Å². The van der Waals surface area contributed by atoms with Crippen molar-refractivity contribution >= 4 is 31.0 Å². The van der Waals surface area contributed by atoms with Gasteiger partial charge in [-0.05, 0) is 25.5 Å². The number of halogens is 1. The van der Waals surface area contributed by atoms with Crippen molar-refractivity contribution < 1.29 is 0 Å². The molecule has 1 aromatic rings. The van der Waals surface area contributed by atoms with E-state index in [2.05, 4.69) is 4.98 Å². The maximum Gasteiger partial charge on any atom is 0.143 e. The van der Waals surface area contributed by atoms with Crippen LogP contribution in [0.1, 0.15) is 18.2 Å². The average Bonchev–Trinajstić information content (AvgIpc) is 2.07. The number of hydrogen-bond donors (Lipinski definition) is 0. The molecule has 0 radical (unpaired) electrons. The summed E-state index contributed by atoms with van der Waals surface area (Å²) < 4.78 is 0. The SMILES string of the molecule is Bc1cnc(/C=C\C)c(C)c1Cl. The lowest BCUT2D eigenvalue weighted by atomic mass is 9.96. The second-order valence-electron chi connectivity index (χ2n) is 2.77. The Labute approximate surface area is 78.9 Å². The van der Waals surface area contributed by atoms with Crippen molar-refractivity contribution in [1.82, 2.24) is 4.98 Å². The van der Waals surface area contributed by atoms with Gasteiger partial charge >= 0.3 is 0 Å². The summed E-state index contributed by atoms with van der Waals surface area (Å²) in [6.07, 6.45) is 5.71. The van der Waals surface area contributed by atoms with E-state index < -0.39 is 0 Å². The lowest BCUT2D eigenvalue weighted by molar-refractivity contribution is 1.25. The first-order valence-corrected chi connectivity index (χ1v) is 4.29. The molecule has 12 heavy (non-hydrogen) atoms. The van der Waals surface area contributed by atoms with Gasteiger partial charge in [0.2, 0.25) is 0 Å². The molecule has 0 amide bonds. The largest absolute Gasteiger partial charge is 0.257 e. The molecule has 0 aromatic carbocycles. The van der Waals surface area contributed by atoms with Gasteiger partial charge in [0.05, 0.1) is 5.69 Å². The number of nitrogens with zero attached hydrogens (tertiary/aromatic N) is 1. The van der Waals surface area contributed by atoms with Crippen molar-refractivity contribution in [3.05, 3.63) is 28.6 Å². The molecule has 3 heteroatoms. The normalized spacial score (nSPS) is 10.9. The molecular weight excluding hydrogens is 168 g/mol. The fourth-order valence-electron chi connectivity index (χ4n) is 1.05. The molecule has 0 aliphatic rings. The van der Waals surface area contributed by atoms with Crippen molar-refractivity contribution in [1.29, 1.82) is 0 Å². The lowest BCUT2D eigenvalue weighted by Gasteiger charge is -2.04. The zero-order valence-electron chi connectivity index (χ0n) is 7.56. The van der Waals surface area contributed by atoms with Crippen LogP contribution in [0.2, 0.25) is 5.02 Å². The van der Waals surface area contributed by atoms with Gasteiger partial charge < -0.3 is 0 Å². The average molecular weight is 179 g/mol. The molecule has 0 saturated heterocycles. The van der Waals surface area contributed by atoms with Crippen LogP contribution in [0, 0.1) is 6.92 Å². The van der Waals surface area contributed by atoms with E-state index in [0.717, 1.165) is 21.7 Å². The molecule has 0 bridgehead atoms. The van der Waals surface area contributed by atoms with Crippen LogP contribution in [0.25, 0.3) is 6.08 Å². The number of rotatable bonds is 1. The zero-order valence-corrected chi connectivity index (χ0v) is 8.31. The summed E-state index contributed by atoms with van der Waals surface area (Å²) in [6, 6.07) is 0. The Kier molecular flexibility index (Phi) is 2.93. The molecule has 1 rings (SSSR count). The van der Waals surface area contributed by atoms with Gasteiger partial charge in [0.1, 0.15) is 7.85 Å². The summed E-state index contributed by atoms with van der Waals surface area (Å²) in [5.74, 6) is 0. The fourth-order valence-corrected chi connectivity index (χ4v) is 1.20. The van der Waals surface area contributed by atoms with Crippen LogP contribution in [0.15, 0.2) is 12.3 Å². The van der Waals surface area contributed by atoms with E-state index in [0.29, 0.717) is 0 Å². The first kappa shape index (κ1) is 9.33. The standard InChI is InChI=1S/C9H11BClN/c1-3-4-8-6(2)9(11)7(10)5-12-8/h3-5H,10H2,1-2H3/b4-3-. The quantitative estimate of drug-likeness (QED) is 0.593. The van der Waals surface area contributed by atoms with Gasteiger partial charge in [0, 0.05) is 11.2 Å². The third kappa shape index (κ3) is 1.70. The molecule has 0 saturated carbocycles. The summed E-state index contributed by atoms with van der Waals surface area (Å²) in [7, 11) is 1.96. The van der Waals surface area contributed by atoms with Crippen molar-refractivity contribution in [2.24, 2.45) is 0 Å². The predicted octanol–water partition coefficient (Wildman–Crippen LogP) is 1.33. The van der Waals surface area contributed by atoms with Crippen molar-refractivity contribution in [2.45, 2.75) is 13.8 Å². The van der Waals surface area contributed by atoms with Gasteiger partial charge in [-0.15, -0.1) is 0 Å². The second kappa shape index (κ2) is 3.77. The first-order valence-electron chi connectivity index (χ1n) is 3.91. The van der Waals surface area contributed by atoms with Gasteiger partial charge in [-0.25, -0.2) is 0 Å². The van der Waals surface area contributed by atoms with Crippen LogP contribution in [0.5, 0.6) is 0 Å². The summed E-state index contributed by atoms with van der Waals surface area (Å²) >= 11 is 6.04. The zero-order chi connectivity index (χ0) is 9.14. The number of allylic oxidation sites excluding steroid dienone is 1. The number of pyridine rings is 1. The maximum absolute atomic E-state index is 6.04. The highest BCUT2D eigenvalue weighted by Gasteiger charge is 2.02. The van der Waals surface area contributed by atoms with Crippen LogP contribution in [0.3, 0.4) is 0 Å². The molecule has 0 aliphatic heterocycles. The van der Waals surface area contributed by atoms with Crippen molar-refractivity contribution in [3.8, 4) is 0 Å². The number of aromatic nitrogens is 1. The van der Waals surface area contributed by atoms with Gasteiger partial charge in [0.25, 0.3) is 0 Å². The van der Waals surface area contributed by atoms with E-state index in [1.165, 1.54) is 0 Å². The van der Waals surface area contributed by atoms with E-state index in [4.69, 9.17) is 11.6 Å². The fraction of sp³-hybridized carbons (Fsp3) is 0.222. The summed E-state index contributed by atoms with van der Waals surface area (Å²) in [4.78, 5) is 4.26. The van der Waals surface area contributed by atoms with Crippen molar-refractivity contribution in [3.63, 3.8) is 0 Å². The molecule has 0 unspecified atom stereocenters. The Hall–Kier alpha value is -0.755. The smallest absolute Gasteiger partial charge is 0.143 e. The Bertz CT molecular complexity index is 321. The van der Waals surface area contributed by atoms with E-state index in [9.17, 15) is 0 Å². The Morgan fingerprint density at radius 2 is 2.25 bits per heavy atom. The summed E-state index contributed by atoms with van der Waals surface area (Å²) in [5, 5.41) is 0.818. The molecule has 62 valence electrons. The van der Waals surface area contributed by atoms with E-state index in [-0.39, 0.29) is 0 Å². The highest BCUT2D eigenvalue weighted by atomic mass is 35.5. The molecule has 1 aromatic heterocycles. The van der Waals surface area contributed by atoms with Gasteiger partial charge in [-0.2, -0.15) is 0 Å². The van der Waals surface area contributed by atoms with Gasteiger partial charge in [-0.3, -0.25) is 4.98 Å². The molecule has 0 fully saturated rings. The first-order chi connectivity index (χ1) is 5.66. The molecule has 1 heterocycles. The van der Waals surface area contributed by atoms with Crippen LogP contribution >= 0.6 is 11.6 Å². The molecule has 0 aliphatic carbocycles. The highest BCUT2D eigenvalue weighted by Crippen LogP contribution is 2.15. The topological polar surface area (TPSA) is 12.9 Å². The summed E-state index contributed by atoms with van der Waals surface area (Å²) in [5.41, 5.74) is 3.03. The Balaban J connectivity index is 3.26. The minimum Gasteiger partial charge on any atom is -0.257 e. The summed E-state index contributed by atoms with van der Waals surface area (Å²) in [6.45, 7) is 3.95. The van der Waals surface area contributed by atoms with Crippen LogP contribution in [-0.2, 0) is 0 Å². The minimum atomic E-state index is 0.818. The van der Waals surface area contributed by atoms with Crippen molar-refractivity contribution in [2.75, 3.05) is 0 Å². The molecule has 1 nitrogen and oxygen atoms in total. The number of hydrogen-bond acceptors (Lipinski definition) is 1. The van der Waals surface area contributed by atoms with E-state index >= 15 is 0 Å². The minimum absolute atomic E-state index is 0.818. The van der Waals surface area contributed by atoms with Gasteiger partial charge in [0.15, 0.2) is 0 Å². The van der Waals surface area contributed by atoms with Crippen LogP contribution < -0.4 is 5.46 Å². The molecule has 0 atom stereocenters. The Morgan fingerprint density at radius 1 is 1.58 bits per heavy atom. The molecular formula is C9H11BClN. The second-order valence-corrected chi connectivity index (χ2v) is 3.14. The predicted molar refractivity (Wildman–Crippen MR) is 56.9 cm³/mol. The maximum atomic E-state index is 6.04. The molecule has 0 spiro atoms. The van der Waals surface area contributed by atoms with E-state index in [1.807, 2.05) is 33.8 Å². The molecule has 0 N–H and O–H groups in total. The lowest BCUT2D eigenvalue weighted by Crippen LogP contribution is -2.08. The monoisotopic (exact) mass is 179 g/mol. The Morgan fingerprint density at radius 3 is 2.83 bits per heavy atom. The van der Waals surface area contributed by atoms with Crippen LogP contribution in [0.4, 0.5) is 0 Å². The van der Waals surface area contributed by atoms with E-state index in [1.54, 1.807) is 6.20 Å².